The molecule has 2 rings (SSSR count). The first-order valence-electron chi connectivity index (χ1n) is 5.14. The SMILES string of the molecule is CCn1cccc1-c1cccc(OC)c1. The van der Waals surface area contributed by atoms with E-state index in [1.54, 1.807) is 7.11 Å². The van der Waals surface area contributed by atoms with Gasteiger partial charge >= 0.3 is 0 Å². The van der Waals surface area contributed by atoms with Crippen LogP contribution in [0, 0.1) is 0 Å². The molecule has 2 nitrogen and oxygen atoms in total. The second-order valence-electron chi connectivity index (χ2n) is 3.41. The van der Waals surface area contributed by atoms with Gasteiger partial charge in [0.1, 0.15) is 5.75 Å². The molecule has 0 bridgehead atoms. The summed E-state index contributed by atoms with van der Waals surface area (Å²) in [5, 5.41) is 0. The minimum atomic E-state index is 0.899. The lowest BCUT2D eigenvalue weighted by Crippen LogP contribution is -1.94. The molecule has 0 unspecified atom stereocenters. The number of aromatic nitrogens is 1. The normalized spacial score (nSPS) is 10.3. The summed E-state index contributed by atoms with van der Waals surface area (Å²) in [7, 11) is 1.69. The van der Waals surface area contributed by atoms with Gasteiger partial charge in [-0.1, -0.05) is 12.1 Å². The molecule has 0 aliphatic carbocycles. The molecule has 0 aliphatic rings. The van der Waals surface area contributed by atoms with E-state index in [0.717, 1.165) is 12.3 Å². The lowest BCUT2D eigenvalue weighted by Gasteiger charge is -2.07. The molecule has 1 heterocycles. The van der Waals surface area contributed by atoms with Crippen LogP contribution in [0.5, 0.6) is 5.75 Å². The monoisotopic (exact) mass is 201 g/mol. The largest absolute Gasteiger partial charge is 0.497 e. The molecule has 0 amide bonds. The highest BCUT2D eigenvalue weighted by Crippen LogP contribution is 2.24. The van der Waals surface area contributed by atoms with Crippen LogP contribution in [0.2, 0.25) is 0 Å². The van der Waals surface area contributed by atoms with Crippen molar-refractivity contribution >= 4 is 0 Å². The Kier molecular flexibility index (Phi) is 2.77. The molecule has 0 atom stereocenters. The molecular weight excluding hydrogens is 186 g/mol. The van der Waals surface area contributed by atoms with Gasteiger partial charge in [0, 0.05) is 24.0 Å². The van der Waals surface area contributed by atoms with E-state index >= 15 is 0 Å². The number of aryl methyl sites for hydroxylation is 1. The quantitative estimate of drug-likeness (QED) is 0.744. The van der Waals surface area contributed by atoms with E-state index in [-0.39, 0.29) is 0 Å². The Balaban J connectivity index is 2.44. The van der Waals surface area contributed by atoms with Gasteiger partial charge in [-0.05, 0) is 31.2 Å². The average Bonchev–Trinajstić information content (AvgIpc) is 2.77. The Labute approximate surface area is 90.1 Å². The molecule has 0 saturated carbocycles. The number of benzene rings is 1. The fraction of sp³-hybridized carbons (Fsp3) is 0.231. The van der Waals surface area contributed by atoms with Crippen molar-refractivity contribution in [3.05, 3.63) is 42.6 Å². The lowest BCUT2D eigenvalue weighted by atomic mass is 10.1. The van der Waals surface area contributed by atoms with Crippen molar-refractivity contribution in [1.29, 1.82) is 0 Å². The molecular formula is C13H15NO. The van der Waals surface area contributed by atoms with Crippen LogP contribution >= 0.6 is 0 Å². The summed E-state index contributed by atoms with van der Waals surface area (Å²) in [4.78, 5) is 0. The third-order valence-electron chi connectivity index (χ3n) is 2.54. The van der Waals surface area contributed by atoms with Crippen molar-refractivity contribution in [3.8, 4) is 17.0 Å². The number of nitrogens with zero attached hydrogens (tertiary/aromatic N) is 1. The van der Waals surface area contributed by atoms with Gasteiger partial charge in [-0.2, -0.15) is 0 Å². The highest BCUT2D eigenvalue weighted by Gasteiger charge is 2.03. The maximum Gasteiger partial charge on any atom is 0.119 e. The Morgan fingerprint density at radius 1 is 1.20 bits per heavy atom. The van der Waals surface area contributed by atoms with Crippen LogP contribution in [0.1, 0.15) is 6.92 Å². The van der Waals surface area contributed by atoms with Crippen LogP contribution in [-0.2, 0) is 6.54 Å². The predicted octanol–water partition coefficient (Wildman–Crippen LogP) is 3.18. The maximum atomic E-state index is 5.22. The Hall–Kier alpha value is -1.70. The molecule has 1 aromatic carbocycles. The fourth-order valence-corrected chi connectivity index (χ4v) is 1.73. The summed E-state index contributed by atoms with van der Waals surface area (Å²) < 4.78 is 7.43. The van der Waals surface area contributed by atoms with E-state index in [9.17, 15) is 0 Å². The number of methoxy groups -OCH3 is 1. The van der Waals surface area contributed by atoms with Gasteiger partial charge in [-0.15, -0.1) is 0 Å². The number of rotatable bonds is 3. The van der Waals surface area contributed by atoms with Crippen LogP contribution in [0.25, 0.3) is 11.3 Å². The van der Waals surface area contributed by atoms with Crippen molar-refractivity contribution < 1.29 is 4.74 Å². The molecule has 0 radical (unpaired) electrons. The average molecular weight is 201 g/mol. The zero-order valence-corrected chi connectivity index (χ0v) is 9.10. The van der Waals surface area contributed by atoms with Crippen LogP contribution in [0.4, 0.5) is 0 Å². The Morgan fingerprint density at radius 2 is 2.07 bits per heavy atom. The summed E-state index contributed by atoms with van der Waals surface area (Å²) in [6.45, 7) is 3.13. The summed E-state index contributed by atoms with van der Waals surface area (Å²) in [5.74, 6) is 0.899. The standard InChI is InChI=1S/C13H15NO/c1-3-14-9-5-8-13(14)11-6-4-7-12(10-11)15-2/h4-10H,3H2,1-2H3. The van der Waals surface area contributed by atoms with E-state index in [0.29, 0.717) is 0 Å². The van der Waals surface area contributed by atoms with E-state index in [1.807, 2.05) is 12.1 Å². The lowest BCUT2D eigenvalue weighted by molar-refractivity contribution is 0.415. The zero-order valence-electron chi connectivity index (χ0n) is 9.10. The van der Waals surface area contributed by atoms with Gasteiger partial charge in [0.2, 0.25) is 0 Å². The van der Waals surface area contributed by atoms with E-state index < -0.39 is 0 Å². The highest BCUT2D eigenvalue weighted by atomic mass is 16.5. The van der Waals surface area contributed by atoms with Gasteiger partial charge in [-0.25, -0.2) is 0 Å². The molecule has 78 valence electrons. The topological polar surface area (TPSA) is 14.2 Å². The smallest absolute Gasteiger partial charge is 0.119 e. The molecule has 0 saturated heterocycles. The van der Waals surface area contributed by atoms with Gasteiger partial charge < -0.3 is 9.30 Å². The van der Waals surface area contributed by atoms with Gasteiger partial charge in [0.25, 0.3) is 0 Å². The first-order valence-corrected chi connectivity index (χ1v) is 5.14. The van der Waals surface area contributed by atoms with Crippen LogP contribution in [0.3, 0.4) is 0 Å². The van der Waals surface area contributed by atoms with Gasteiger partial charge in [0.05, 0.1) is 7.11 Å². The third kappa shape index (κ3) is 1.89. The van der Waals surface area contributed by atoms with Crippen molar-refractivity contribution in [3.63, 3.8) is 0 Å². The molecule has 0 fully saturated rings. The van der Waals surface area contributed by atoms with Crippen molar-refractivity contribution in [2.75, 3.05) is 7.11 Å². The molecule has 1 aromatic heterocycles. The number of hydrogen-bond acceptors (Lipinski definition) is 1. The summed E-state index contributed by atoms with van der Waals surface area (Å²) in [5.41, 5.74) is 2.43. The van der Waals surface area contributed by atoms with Gasteiger partial charge in [0.15, 0.2) is 0 Å². The molecule has 0 aliphatic heterocycles. The number of ether oxygens (including phenoxy) is 1. The predicted molar refractivity (Wildman–Crippen MR) is 62.1 cm³/mol. The second-order valence-corrected chi connectivity index (χ2v) is 3.41. The summed E-state index contributed by atoms with van der Waals surface area (Å²) in [6, 6.07) is 12.3. The minimum Gasteiger partial charge on any atom is -0.497 e. The van der Waals surface area contributed by atoms with Crippen molar-refractivity contribution in [2.45, 2.75) is 13.5 Å². The van der Waals surface area contributed by atoms with E-state index in [2.05, 4.69) is 42.0 Å². The molecule has 2 aromatic rings. The van der Waals surface area contributed by atoms with Crippen molar-refractivity contribution in [1.82, 2.24) is 4.57 Å². The molecule has 15 heavy (non-hydrogen) atoms. The molecule has 0 N–H and O–H groups in total. The Morgan fingerprint density at radius 3 is 2.80 bits per heavy atom. The molecule has 2 heteroatoms. The first-order chi connectivity index (χ1) is 7.35. The number of hydrogen-bond donors (Lipinski definition) is 0. The first kappa shape index (κ1) is 9.84. The van der Waals surface area contributed by atoms with Crippen LogP contribution < -0.4 is 4.74 Å². The Bertz CT molecular complexity index is 445. The summed E-state index contributed by atoms with van der Waals surface area (Å²) >= 11 is 0. The second kappa shape index (κ2) is 4.22. The van der Waals surface area contributed by atoms with Crippen molar-refractivity contribution in [2.24, 2.45) is 0 Å². The zero-order chi connectivity index (χ0) is 10.7. The maximum absolute atomic E-state index is 5.22. The van der Waals surface area contributed by atoms with E-state index in [4.69, 9.17) is 4.74 Å². The third-order valence-corrected chi connectivity index (χ3v) is 2.54. The van der Waals surface area contributed by atoms with E-state index in [1.165, 1.54) is 11.3 Å². The minimum absolute atomic E-state index is 0.899. The van der Waals surface area contributed by atoms with Crippen LogP contribution in [0.15, 0.2) is 42.6 Å². The molecule has 0 spiro atoms. The fourth-order valence-electron chi connectivity index (χ4n) is 1.73. The van der Waals surface area contributed by atoms with Gasteiger partial charge in [-0.3, -0.25) is 0 Å². The van der Waals surface area contributed by atoms with Crippen LogP contribution in [-0.4, -0.2) is 11.7 Å². The highest BCUT2D eigenvalue weighted by molar-refractivity contribution is 5.62. The summed E-state index contributed by atoms with van der Waals surface area (Å²) in [6.07, 6.45) is 2.09.